The minimum Gasteiger partial charge on any atom is -0.462 e. The van der Waals surface area contributed by atoms with Gasteiger partial charge in [-0.1, -0.05) is 197 Å². The third kappa shape index (κ3) is 48.2. The zero-order valence-electron chi connectivity index (χ0n) is 43.3. The van der Waals surface area contributed by atoms with Gasteiger partial charge >= 0.3 is 25.7 Å². The first kappa shape index (κ1) is 65.2. The lowest BCUT2D eigenvalue weighted by atomic mass is 10.0. The second-order valence-electron chi connectivity index (χ2n) is 18.0. The topological polar surface area (TPSA) is 155 Å². The molecule has 0 aliphatic rings. The summed E-state index contributed by atoms with van der Waals surface area (Å²) in [6, 6.07) is 0. The van der Waals surface area contributed by atoms with Crippen LogP contribution in [0.1, 0.15) is 239 Å². The van der Waals surface area contributed by atoms with Gasteiger partial charge in [0.25, 0.3) is 0 Å². The first-order valence-electron chi connectivity index (χ1n) is 27.2. The summed E-state index contributed by atoms with van der Waals surface area (Å²) in [5, 5.41) is 9.78. The Kier molecular flexibility index (Phi) is 48.5. The molecule has 0 saturated heterocycles. The van der Waals surface area contributed by atoms with Crippen molar-refractivity contribution in [3.8, 4) is 0 Å². The van der Waals surface area contributed by atoms with E-state index in [2.05, 4.69) is 81.5 Å². The lowest BCUT2D eigenvalue weighted by Gasteiger charge is -2.21. The van der Waals surface area contributed by atoms with Gasteiger partial charge in [-0.3, -0.25) is 23.4 Å². The fourth-order valence-corrected chi connectivity index (χ4v) is 8.07. The number of ether oxygens (including phenoxy) is 3. The van der Waals surface area contributed by atoms with Crippen molar-refractivity contribution < 1.29 is 52.2 Å². The van der Waals surface area contributed by atoms with Crippen molar-refractivity contribution in [2.75, 3.05) is 26.4 Å². The monoisotopic (exact) mass is 979 g/mol. The molecule has 11 nitrogen and oxygen atoms in total. The van der Waals surface area contributed by atoms with Crippen molar-refractivity contribution in [1.82, 2.24) is 0 Å². The normalized spacial score (nSPS) is 13.9. The fourth-order valence-electron chi connectivity index (χ4n) is 7.28. The van der Waals surface area contributed by atoms with Gasteiger partial charge in [0.15, 0.2) is 6.10 Å². The van der Waals surface area contributed by atoms with Crippen LogP contribution >= 0.6 is 7.82 Å². The average molecular weight is 979 g/mol. The van der Waals surface area contributed by atoms with Crippen molar-refractivity contribution >= 4 is 25.7 Å². The van der Waals surface area contributed by atoms with Gasteiger partial charge in [-0.25, -0.2) is 4.57 Å². The lowest BCUT2D eigenvalue weighted by Crippen LogP contribution is -2.30. The number of rotatable bonds is 50. The highest BCUT2D eigenvalue weighted by Gasteiger charge is 2.28. The maximum atomic E-state index is 12.9. The van der Waals surface area contributed by atoms with E-state index in [0.29, 0.717) is 19.3 Å². The Balaban J connectivity index is 4.78. The summed E-state index contributed by atoms with van der Waals surface area (Å²) in [7, 11) is -4.75. The van der Waals surface area contributed by atoms with E-state index in [4.69, 9.17) is 23.3 Å². The Morgan fingerprint density at radius 1 is 0.426 bits per heavy atom. The molecule has 0 aromatic rings. The van der Waals surface area contributed by atoms with Crippen molar-refractivity contribution in [2.24, 2.45) is 0 Å². The molecule has 0 heterocycles. The summed E-state index contributed by atoms with van der Waals surface area (Å²) >= 11 is 0. The van der Waals surface area contributed by atoms with Crippen LogP contribution in [0.15, 0.2) is 60.8 Å². The number of aliphatic hydroxyl groups is 1. The van der Waals surface area contributed by atoms with Crippen LogP contribution in [-0.2, 0) is 42.2 Å². The Hall–Kier alpha value is -2.82. The maximum absolute atomic E-state index is 12.9. The van der Waals surface area contributed by atoms with Gasteiger partial charge in [-0.05, 0) is 83.5 Å². The molecule has 0 aliphatic heterocycles. The molecule has 394 valence electrons. The number of hydrogen-bond donors (Lipinski definition) is 2. The molecule has 0 spiro atoms. The number of allylic oxidation sites excluding steroid dienone is 10. The van der Waals surface area contributed by atoms with Gasteiger partial charge in [0.1, 0.15) is 12.7 Å². The van der Waals surface area contributed by atoms with Crippen LogP contribution in [0.5, 0.6) is 0 Å². The number of phosphoric acid groups is 1. The fraction of sp³-hybridized carbons (Fsp3) is 0.768. The molecule has 2 N–H and O–H groups in total. The van der Waals surface area contributed by atoms with Crippen LogP contribution in [0.3, 0.4) is 0 Å². The zero-order valence-corrected chi connectivity index (χ0v) is 44.2. The Labute approximate surface area is 415 Å². The van der Waals surface area contributed by atoms with Crippen LogP contribution < -0.4 is 0 Å². The summed E-state index contributed by atoms with van der Waals surface area (Å²) in [5.74, 6) is -1.52. The predicted molar refractivity (Wildman–Crippen MR) is 279 cm³/mol. The SMILES string of the molecule is CC/C=C\C/C=C\C/C=C\C/C=C\CCCCC(=O)OCC(COP(=O)(O)OCC(CO)OC(=O)CCCCCCCCCCCCCCC)OC(=O)CCCCCCC/C=C\CCCCCC. The summed E-state index contributed by atoms with van der Waals surface area (Å²) in [6.07, 6.45) is 53.3. The standard InChI is InChI=1S/C56H99O11P/c1-4-7-10-13-16-19-22-25-26-29-30-33-36-39-42-45-54(58)63-49-53(67-56(60)47-44-41-38-35-32-28-24-21-18-15-12-9-6-3)51-65-68(61,62)64-50-52(48-57)66-55(59)46-43-40-37-34-31-27-23-20-17-14-11-8-5-2/h7,10,16,19,21,24-26,30,33,52-53,57H,4-6,8-9,11-15,17-18,20,22-23,27-29,31-32,34-51H2,1-3H3,(H,61,62)/b10-7-,19-16-,24-21-,26-25-,33-30-. The van der Waals surface area contributed by atoms with E-state index < -0.39 is 57.8 Å². The van der Waals surface area contributed by atoms with Crippen molar-refractivity contribution in [3.05, 3.63) is 60.8 Å². The molecule has 0 fully saturated rings. The Morgan fingerprint density at radius 3 is 1.24 bits per heavy atom. The minimum atomic E-state index is -4.75. The van der Waals surface area contributed by atoms with E-state index in [1.165, 1.54) is 83.5 Å². The Morgan fingerprint density at radius 2 is 0.765 bits per heavy atom. The number of carbonyl (C=O) groups is 3. The zero-order chi connectivity index (χ0) is 49.9. The molecule has 68 heavy (non-hydrogen) atoms. The van der Waals surface area contributed by atoms with Crippen molar-refractivity contribution in [3.63, 3.8) is 0 Å². The predicted octanol–water partition coefficient (Wildman–Crippen LogP) is 15.6. The van der Waals surface area contributed by atoms with Crippen LogP contribution in [0, 0.1) is 0 Å². The maximum Gasteiger partial charge on any atom is 0.472 e. The van der Waals surface area contributed by atoms with Gasteiger partial charge in [0.2, 0.25) is 0 Å². The van der Waals surface area contributed by atoms with E-state index in [1.807, 2.05) is 0 Å². The van der Waals surface area contributed by atoms with Crippen molar-refractivity contribution in [2.45, 2.75) is 251 Å². The third-order valence-corrected chi connectivity index (χ3v) is 12.4. The average Bonchev–Trinajstić information content (AvgIpc) is 3.32. The minimum absolute atomic E-state index is 0.148. The molecule has 0 aromatic carbocycles. The van der Waals surface area contributed by atoms with E-state index in [0.717, 1.165) is 96.3 Å². The number of phosphoric ester groups is 1. The lowest BCUT2D eigenvalue weighted by molar-refractivity contribution is -0.161. The van der Waals surface area contributed by atoms with Crippen LogP contribution in [0.25, 0.3) is 0 Å². The molecule has 3 atom stereocenters. The van der Waals surface area contributed by atoms with Gasteiger partial charge in [-0.2, -0.15) is 0 Å². The highest BCUT2D eigenvalue weighted by molar-refractivity contribution is 7.47. The largest absolute Gasteiger partial charge is 0.472 e. The van der Waals surface area contributed by atoms with E-state index >= 15 is 0 Å². The summed E-state index contributed by atoms with van der Waals surface area (Å²) in [6.45, 7) is 4.46. The highest BCUT2D eigenvalue weighted by atomic mass is 31.2. The van der Waals surface area contributed by atoms with Gasteiger partial charge in [-0.15, -0.1) is 0 Å². The summed E-state index contributed by atoms with van der Waals surface area (Å²) < 4.78 is 39.4. The molecular weight excluding hydrogens is 880 g/mol. The van der Waals surface area contributed by atoms with Gasteiger partial charge in [0, 0.05) is 19.3 Å². The Bertz CT molecular complexity index is 1370. The number of carbonyl (C=O) groups excluding carboxylic acids is 3. The third-order valence-electron chi connectivity index (χ3n) is 11.4. The number of unbranched alkanes of at least 4 members (excludes halogenated alkanes) is 23. The molecular formula is C56H99O11P. The first-order chi connectivity index (χ1) is 33.2. The molecule has 0 rings (SSSR count). The molecule has 0 aromatic heterocycles. The highest BCUT2D eigenvalue weighted by Crippen LogP contribution is 2.43. The van der Waals surface area contributed by atoms with E-state index in [-0.39, 0.29) is 25.9 Å². The molecule has 0 amide bonds. The van der Waals surface area contributed by atoms with Crippen LogP contribution in [0.2, 0.25) is 0 Å². The molecule has 0 bridgehead atoms. The summed E-state index contributed by atoms with van der Waals surface area (Å²) in [4.78, 5) is 48.4. The van der Waals surface area contributed by atoms with Gasteiger partial charge < -0.3 is 24.2 Å². The van der Waals surface area contributed by atoms with E-state index in [1.54, 1.807) is 0 Å². The second-order valence-corrected chi connectivity index (χ2v) is 19.5. The summed E-state index contributed by atoms with van der Waals surface area (Å²) in [5.41, 5.74) is 0. The molecule has 3 unspecified atom stereocenters. The molecule has 0 saturated carbocycles. The number of hydrogen-bond acceptors (Lipinski definition) is 10. The number of aliphatic hydroxyl groups excluding tert-OH is 1. The van der Waals surface area contributed by atoms with E-state index in [9.17, 15) is 28.9 Å². The molecule has 0 radical (unpaired) electrons. The number of esters is 3. The smallest absolute Gasteiger partial charge is 0.462 e. The van der Waals surface area contributed by atoms with Crippen LogP contribution in [-0.4, -0.2) is 66.5 Å². The van der Waals surface area contributed by atoms with Gasteiger partial charge in [0.05, 0.1) is 19.8 Å². The first-order valence-corrected chi connectivity index (χ1v) is 28.7. The molecule has 12 heteroatoms. The van der Waals surface area contributed by atoms with Crippen LogP contribution in [0.4, 0.5) is 0 Å². The van der Waals surface area contributed by atoms with Crippen molar-refractivity contribution in [1.29, 1.82) is 0 Å². The quantitative estimate of drug-likeness (QED) is 0.0197. The molecule has 0 aliphatic carbocycles. The second kappa shape index (κ2) is 50.6.